The zero-order valence-corrected chi connectivity index (χ0v) is 13.1. The Balaban J connectivity index is 2.08. The van der Waals surface area contributed by atoms with Crippen LogP contribution in [0.5, 0.6) is 5.75 Å². The molecule has 0 saturated carbocycles. The first kappa shape index (κ1) is 15.9. The number of benzene rings is 2. The van der Waals surface area contributed by atoms with E-state index in [0.29, 0.717) is 12.1 Å². The fraction of sp³-hybridized carbons (Fsp3) is 0.250. The van der Waals surface area contributed by atoms with E-state index in [2.05, 4.69) is 21.2 Å². The van der Waals surface area contributed by atoms with Crippen LogP contribution in [-0.4, -0.2) is 5.11 Å². The first-order valence-electron chi connectivity index (χ1n) is 6.67. The summed E-state index contributed by atoms with van der Waals surface area (Å²) in [5.41, 5.74) is 1.57. The third-order valence-electron chi connectivity index (χ3n) is 3.31. The third kappa shape index (κ3) is 4.02. The van der Waals surface area contributed by atoms with E-state index in [9.17, 15) is 8.78 Å². The van der Waals surface area contributed by atoms with Crippen LogP contribution in [0.15, 0.2) is 40.9 Å². The summed E-state index contributed by atoms with van der Waals surface area (Å²) in [4.78, 5) is 0. The topological polar surface area (TPSA) is 32.3 Å². The van der Waals surface area contributed by atoms with Crippen LogP contribution in [0.2, 0.25) is 0 Å². The van der Waals surface area contributed by atoms with Gasteiger partial charge in [0.2, 0.25) is 0 Å². The fourth-order valence-electron chi connectivity index (χ4n) is 2.15. The van der Waals surface area contributed by atoms with Crippen molar-refractivity contribution in [1.29, 1.82) is 0 Å². The quantitative estimate of drug-likeness (QED) is 0.816. The molecule has 2 rings (SSSR count). The summed E-state index contributed by atoms with van der Waals surface area (Å²) in [6.07, 6.45) is 0.852. The smallest absolute Gasteiger partial charge is 0.187 e. The van der Waals surface area contributed by atoms with Gasteiger partial charge in [-0.1, -0.05) is 35.0 Å². The monoisotopic (exact) mass is 355 g/mol. The molecule has 0 radical (unpaired) electrons. The lowest BCUT2D eigenvalue weighted by atomic mass is 10.0. The van der Waals surface area contributed by atoms with Gasteiger partial charge in [-0.3, -0.25) is 0 Å². The molecule has 2 nitrogen and oxygen atoms in total. The summed E-state index contributed by atoms with van der Waals surface area (Å²) >= 11 is 3.39. The SMILES string of the molecule is CCC(NCc1cc(F)c(O)c(F)c1)c1ccc(Br)cc1. The maximum absolute atomic E-state index is 13.3. The number of halogens is 3. The van der Waals surface area contributed by atoms with Gasteiger partial charge in [0.05, 0.1) is 0 Å². The highest BCUT2D eigenvalue weighted by Crippen LogP contribution is 2.23. The number of phenols is 1. The van der Waals surface area contributed by atoms with Crippen LogP contribution in [0.25, 0.3) is 0 Å². The molecule has 0 spiro atoms. The molecule has 0 aliphatic rings. The van der Waals surface area contributed by atoms with E-state index in [1.807, 2.05) is 31.2 Å². The van der Waals surface area contributed by atoms with Gasteiger partial charge >= 0.3 is 0 Å². The van der Waals surface area contributed by atoms with Gasteiger partial charge in [-0.2, -0.15) is 0 Å². The molecule has 1 atom stereocenters. The van der Waals surface area contributed by atoms with Crippen molar-refractivity contribution in [2.45, 2.75) is 25.9 Å². The summed E-state index contributed by atoms with van der Waals surface area (Å²) in [6.45, 7) is 2.36. The van der Waals surface area contributed by atoms with Gasteiger partial charge in [-0.15, -0.1) is 0 Å². The van der Waals surface area contributed by atoms with E-state index >= 15 is 0 Å². The fourth-order valence-corrected chi connectivity index (χ4v) is 2.42. The summed E-state index contributed by atoms with van der Waals surface area (Å²) < 4.78 is 27.6. The van der Waals surface area contributed by atoms with Crippen molar-refractivity contribution in [3.8, 4) is 5.75 Å². The molecule has 0 heterocycles. The Kier molecular flexibility index (Phi) is 5.31. The Morgan fingerprint density at radius 1 is 1.14 bits per heavy atom. The second-order valence-corrected chi connectivity index (χ2v) is 5.72. The number of nitrogens with one attached hydrogen (secondary N) is 1. The van der Waals surface area contributed by atoms with Crippen molar-refractivity contribution < 1.29 is 13.9 Å². The maximum Gasteiger partial charge on any atom is 0.187 e. The molecule has 0 bridgehead atoms. The average Bonchev–Trinajstić information content (AvgIpc) is 2.47. The minimum Gasteiger partial charge on any atom is -0.503 e. The molecule has 0 aromatic heterocycles. The van der Waals surface area contributed by atoms with Crippen LogP contribution in [0.4, 0.5) is 8.78 Å². The lowest BCUT2D eigenvalue weighted by Gasteiger charge is -2.18. The van der Waals surface area contributed by atoms with Crippen LogP contribution >= 0.6 is 15.9 Å². The second-order valence-electron chi connectivity index (χ2n) is 4.80. The summed E-state index contributed by atoms with van der Waals surface area (Å²) in [5.74, 6) is -2.81. The van der Waals surface area contributed by atoms with Crippen LogP contribution in [-0.2, 0) is 6.54 Å². The van der Waals surface area contributed by atoms with Gasteiger partial charge < -0.3 is 10.4 Å². The molecular formula is C16H16BrF2NO. The van der Waals surface area contributed by atoms with Gasteiger partial charge in [0.1, 0.15) is 0 Å². The van der Waals surface area contributed by atoms with E-state index in [0.717, 1.165) is 28.6 Å². The molecule has 2 aromatic carbocycles. The van der Waals surface area contributed by atoms with Crippen molar-refractivity contribution in [3.05, 3.63) is 63.6 Å². The molecule has 0 amide bonds. The molecule has 2 N–H and O–H groups in total. The van der Waals surface area contributed by atoms with E-state index in [-0.39, 0.29) is 6.04 Å². The van der Waals surface area contributed by atoms with E-state index in [4.69, 9.17) is 5.11 Å². The normalized spacial score (nSPS) is 12.4. The highest BCUT2D eigenvalue weighted by Gasteiger charge is 2.12. The van der Waals surface area contributed by atoms with Gasteiger partial charge in [0.25, 0.3) is 0 Å². The zero-order chi connectivity index (χ0) is 15.4. The molecule has 0 aliphatic heterocycles. The summed E-state index contributed by atoms with van der Waals surface area (Å²) in [5, 5.41) is 12.3. The molecule has 21 heavy (non-hydrogen) atoms. The molecule has 0 saturated heterocycles. The highest BCUT2D eigenvalue weighted by atomic mass is 79.9. The Hall–Kier alpha value is -1.46. The average molecular weight is 356 g/mol. The first-order valence-corrected chi connectivity index (χ1v) is 7.46. The minimum atomic E-state index is -0.941. The number of rotatable bonds is 5. The number of hydrogen-bond donors (Lipinski definition) is 2. The van der Waals surface area contributed by atoms with Gasteiger partial charge in [-0.25, -0.2) is 8.78 Å². The first-order chi connectivity index (χ1) is 10.0. The third-order valence-corrected chi connectivity index (χ3v) is 3.84. The van der Waals surface area contributed by atoms with Crippen molar-refractivity contribution in [2.75, 3.05) is 0 Å². The molecule has 112 valence electrons. The van der Waals surface area contributed by atoms with E-state index < -0.39 is 17.4 Å². The molecule has 0 aliphatic carbocycles. The lowest BCUT2D eigenvalue weighted by molar-refractivity contribution is 0.394. The highest BCUT2D eigenvalue weighted by molar-refractivity contribution is 9.10. The van der Waals surface area contributed by atoms with Gasteiger partial charge in [-0.05, 0) is 41.8 Å². The maximum atomic E-state index is 13.3. The van der Waals surface area contributed by atoms with Crippen LogP contribution in [0.1, 0.15) is 30.5 Å². The van der Waals surface area contributed by atoms with Crippen LogP contribution in [0.3, 0.4) is 0 Å². The lowest BCUT2D eigenvalue weighted by Crippen LogP contribution is -2.20. The van der Waals surface area contributed by atoms with Crippen LogP contribution in [0, 0.1) is 11.6 Å². The van der Waals surface area contributed by atoms with Crippen molar-refractivity contribution in [1.82, 2.24) is 5.32 Å². The molecule has 0 fully saturated rings. The Bertz CT molecular complexity index is 593. The van der Waals surface area contributed by atoms with Gasteiger partial charge in [0, 0.05) is 17.1 Å². The van der Waals surface area contributed by atoms with Crippen molar-refractivity contribution in [3.63, 3.8) is 0 Å². The number of hydrogen-bond acceptors (Lipinski definition) is 2. The molecule has 2 aromatic rings. The molecular weight excluding hydrogens is 340 g/mol. The van der Waals surface area contributed by atoms with Crippen LogP contribution < -0.4 is 5.32 Å². The van der Waals surface area contributed by atoms with E-state index in [1.54, 1.807) is 0 Å². The minimum absolute atomic E-state index is 0.0954. The van der Waals surface area contributed by atoms with Crippen molar-refractivity contribution in [2.24, 2.45) is 0 Å². The second kappa shape index (κ2) is 7.00. The zero-order valence-electron chi connectivity index (χ0n) is 11.5. The Morgan fingerprint density at radius 3 is 2.24 bits per heavy atom. The molecule has 5 heteroatoms. The summed E-state index contributed by atoms with van der Waals surface area (Å²) in [7, 11) is 0. The Morgan fingerprint density at radius 2 is 1.71 bits per heavy atom. The largest absolute Gasteiger partial charge is 0.503 e. The van der Waals surface area contributed by atoms with Crippen molar-refractivity contribution >= 4 is 15.9 Å². The standard InChI is InChI=1S/C16H16BrF2NO/c1-2-15(11-3-5-12(17)6-4-11)20-9-10-7-13(18)16(21)14(19)8-10/h3-8,15,20-21H,2,9H2,1H3. The predicted molar refractivity (Wildman–Crippen MR) is 82.0 cm³/mol. The van der Waals surface area contributed by atoms with Gasteiger partial charge in [0.15, 0.2) is 17.4 Å². The number of aromatic hydroxyl groups is 1. The summed E-state index contributed by atoms with van der Waals surface area (Å²) in [6, 6.07) is 10.3. The predicted octanol–water partition coefficient (Wildman–Crippen LogP) is 4.67. The Labute approximate surface area is 130 Å². The molecule has 1 unspecified atom stereocenters. The number of phenolic OH excluding ortho intramolecular Hbond substituents is 1. The van der Waals surface area contributed by atoms with E-state index in [1.165, 1.54) is 0 Å².